The number of carboxylic acid groups (broad SMARTS) is 1. The van der Waals surface area contributed by atoms with Gasteiger partial charge in [-0.25, -0.2) is 9.69 Å². The predicted octanol–water partition coefficient (Wildman–Crippen LogP) is 0.723. The third-order valence-corrected chi connectivity index (χ3v) is 1.68. The quantitative estimate of drug-likeness (QED) is 0.679. The molecular weight excluding hydrogens is 184 g/mol. The summed E-state index contributed by atoms with van der Waals surface area (Å²) in [6, 6.07) is 8.12. The number of hydrogen-bond acceptors (Lipinski definition) is 3. The highest BCUT2D eigenvalue weighted by molar-refractivity contribution is 6.02. The molecule has 0 aliphatic rings. The van der Waals surface area contributed by atoms with Crippen LogP contribution in [0.1, 0.15) is 10.4 Å². The Bertz CT molecular complexity index is 337. The number of amides is 2. The summed E-state index contributed by atoms with van der Waals surface area (Å²) in [6.45, 7) is -0.344. The summed E-state index contributed by atoms with van der Waals surface area (Å²) in [5.74, 6) is -0.611. The molecule has 0 atom stereocenters. The Kier molecular flexibility index (Phi) is 3.19. The molecule has 0 radical (unpaired) electrons. The fourth-order valence-corrected chi connectivity index (χ4v) is 0.984. The Hall–Kier alpha value is -1.88. The van der Waals surface area contributed by atoms with E-state index in [0.717, 1.165) is 0 Å². The van der Waals surface area contributed by atoms with Gasteiger partial charge in [0, 0.05) is 5.56 Å². The van der Waals surface area contributed by atoms with E-state index in [2.05, 4.69) is 0 Å². The highest BCUT2D eigenvalue weighted by atomic mass is 16.4. The molecule has 0 aliphatic heterocycles. The van der Waals surface area contributed by atoms with Crippen molar-refractivity contribution in [3.63, 3.8) is 0 Å². The molecule has 1 aromatic rings. The first-order chi connectivity index (χ1) is 6.66. The van der Waals surface area contributed by atoms with Crippen LogP contribution in [-0.4, -0.2) is 28.7 Å². The van der Waals surface area contributed by atoms with Gasteiger partial charge < -0.3 is 10.8 Å². The first-order valence-corrected chi connectivity index (χ1v) is 3.96. The lowest BCUT2D eigenvalue weighted by molar-refractivity contribution is 0.0746. The second kappa shape index (κ2) is 4.38. The van der Waals surface area contributed by atoms with Crippen LogP contribution in [0.25, 0.3) is 0 Å². The summed E-state index contributed by atoms with van der Waals surface area (Å²) >= 11 is 0. The minimum atomic E-state index is -1.35. The molecule has 5 nitrogen and oxygen atoms in total. The van der Waals surface area contributed by atoms with Gasteiger partial charge in [-0.1, -0.05) is 18.2 Å². The van der Waals surface area contributed by atoms with Crippen molar-refractivity contribution in [3.05, 3.63) is 35.9 Å². The lowest BCUT2D eigenvalue weighted by atomic mass is 10.2. The van der Waals surface area contributed by atoms with Crippen LogP contribution in [0.4, 0.5) is 4.79 Å². The largest absolute Gasteiger partial charge is 0.465 e. The molecule has 5 heteroatoms. The molecule has 0 fully saturated rings. The molecule has 1 aromatic carbocycles. The number of benzene rings is 1. The third kappa shape index (κ3) is 2.08. The van der Waals surface area contributed by atoms with Crippen LogP contribution < -0.4 is 5.73 Å². The zero-order chi connectivity index (χ0) is 10.6. The fraction of sp³-hybridized carbons (Fsp3) is 0.111. The summed E-state index contributed by atoms with van der Waals surface area (Å²) in [4.78, 5) is 22.6. The van der Waals surface area contributed by atoms with E-state index in [4.69, 9.17) is 10.8 Å². The normalized spacial score (nSPS) is 9.50. The second-order valence-electron chi connectivity index (χ2n) is 2.56. The summed E-state index contributed by atoms with van der Waals surface area (Å²) in [5, 5.41) is 8.63. The van der Waals surface area contributed by atoms with Gasteiger partial charge in [-0.3, -0.25) is 4.79 Å². The van der Waals surface area contributed by atoms with E-state index in [9.17, 15) is 9.59 Å². The molecule has 2 amide bonds. The first kappa shape index (κ1) is 10.2. The SMILES string of the molecule is NCN(C(=O)O)C(=O)c1ccccc1. The van der Waals surface area contributed by atoms with E-state index in [1.165, 1.54) is 12.1 Å². The fourth-order valence-electron chi connectivity index (χ4n) is 0.984. The molecule has 14 heavy (non-hydrogen) atoms. The van der Waals surface area contributed by atoms with Crippen molar-refractivity contribution in [3.8, 4) is 0 Å². The average molecular weight is 194 g/mol. The smallest absolute Gasteiger partial charge is 0.415 e. The average Bonchev–Trinajstić information content (AvgIpc) is 2.19. The zero-order valence-corrected chi connectivity index (χ0v) is 7.38. The van der Waals surface area contributed by atoms with Crippen molar-refractivity contribution in [1.82, 2.24) is 4.90 Å². The number of nitrogens with two attached hydrogens (primary N) is 1. The standard InChI is InChI=1S/C9H10N2O3/c10-6-11(9(13)14)8(12)7-4-2-1-3-5-7/h1-5H,6,10H2,(H,13,14). The molecule has 0 bridgehead atoms. The topological polar surface area (TPSA) is 83.6 Å². The third-order valence-electron chi connectivity index (χ3n) is 1.68. The van der Waals surface area contributed by atoms with Gasteiger partial charge in [0.05, 0.1) is 6.67 Å². The maximum absolute atomic E-state index is 11.5. The zero-order valence-electron chi connectivity index (χ0n) is 7.38. The summed E-state index contributed by atoms with van der Waals surface area (Å²) < 4.78 is 0. The lowest BCUT2D eigenvalue weighted by Gasteiger charge is -2.14. The van der Waals surface area contributed by atoms with Crippen LogP contribution in [0.3, 0.4) is 0 Å². The predicted molar refractivity (Wildman–Crippen MR) is 49.7 cm³/mol. The van der Waals surface area contributed by atoms with E-state index < -0.39 is 12.0 Å². The summed E-state index contributed by atoms with van der Waals surface area (Å²) in [6.07, 6.45) is -1.35. The van der Waals surface area contributed by atoms with Crippen molar-refractivity contribution in [2.24, 2.45) is 5.73 Å². The van der Waals surface area contributed by atoms with Gasteiger partial charge in [-0.05, 0) is 12.1 Å². The highest BCUT2D eigenvalue weighted by Gasteiger charge is 2.19. The Labute approximate surface area is 80.7 Å². The molecule has 1 rings (SSSR count). The van der Waals surface area contributed by atoms with Gasteiger partial charge in [-0.2, -0.15) is 0 Å². The van der Waals surface area contributed by atoms with E-state index in [1.807, 2.05) is 0 Å². The van der Waals surface area contributed by atoms with Gasteiger partial charge in [0.2, 0.25) is 0 Å². The molecule has 0 unspecified atom stereocenters. The van der Waals surface area contributed by atoms with Crippen molar-refractivity contribution < 1.29 is 14.7 Å². The van der Waals surface area contributed by atoms with Crippen LogP contribution in [0.2, 0.25) is 0 Å². The monoisotopic (exact) mass is 194 g/mol. The Morgan fingerprint density at radius 1 is 1.29 bits per heavy atom. The van der Waals surface area contributed by atoms with Crippen molar-refractivity contribution in [2.45, 2.75) is 0 Å². The van der Waals surface area contributed by atoms with Gasteiger partial charge in [0.1, 0.15) is 0 Å². The molecular formula is C9H10N2O3. The second-order valence-corrected chi connectivity index (χ2v) is 2.56. The Morgan fingerprint density at radius 2 is 1.86 bits per heavy atom. The van der Waals surface area contributed by atoms with Gasteiger partial charge >= 0.3 is 6.09 Å². The maximum Gasteiger partial charge on any atom is 0.415 e. The summed E-state index contributed by atoms with van der Waals surface area (Å²) in [5.41, 5.74) is 5.44. The molecule has 0 spiro atoms. The number of imide groups is 1. The van der Waals surface area contributed by atoms with E-state index in [0.29, 0.717) is 10.5 Å². The van der Waals surface area contributed by atoms with Crippen LogP contribution in [0.5, 0.6) is 0 Å². The van der Waals surface area contributed by atoms with Crippen molar-refractivity contribution in [2.75, 3.05) is 6.67 Å². The lowest BCUT2D eigenvalue weighted by Crippen LogP contribution is -2.39. The number of carbonyl (C=O) groups is 2. The van der Waals surface area contributed by atoms with Crippen LogP contribution in [-0.2, 0) is 0 Å². The van der Waals surface area contributed by atoms with Crippen LogP contribution >= 0.6 is 0 Å². The van der Waals surface area contributed by atoms with E-state index in [1.54, 1.807) is 18.2 Å². The molecule has 3 N–H and O–H groups in total. The molecule has 0 heterocycles. The van der Waals surface area contributed by atoms with Crippen molar-refractivity contribution in [1.29, 1.82) is 0 Å². The first-order valence-electron chi connectivity index (χ1n) is 3.96. The molecule has 74 valence electrons. The number of hydrogen-bond donors (Lipinski definition) is 2. The minimum Gasteiger partial charge on any atom is -0.465 e. The minimum absolute atomic E-state index is 0.306. The van der Waals surface area contributed by atoms with Gasteiger partial charge in [0.15, 0.2) is 0 Å². The van der Waals surface area contributed by atoms with E-state index >= 15 is 0 Å². The molecule has 0 saturated carbocycles. The molecule has 0 aromatic heterocycles. The molecule has 0 aliphatic carbocycles. The Balaban J connectivity index is 2.89. The van der Waals surface area contributed by atoms with Crippen LogP contribution in [0, 0.1) is 0 Å². The highest BCUT2D eigenvalue weighted by Crippen LogP contribution is 2.03. The van der Waals surface area contributed by atoms with Crippen LogP contribution in [0.15, 0.2) is 30.3 Å². The Morgan fingerprint density at radius 3 is 2.29 bits per heavy atom. The number of nitrogens with zero attached hydrogens (tertiary/aromatic N) is 1. The molecule has 0 saturated heterocycles. The maximum atomic E-state index is 11.5. The van der Waals surface area contributed by atoms with Gasteiger partial charge in [-0.15, -0.1) is 0 Å². The van der Waals surface area contributed by atoms with Gasteiger partial charge in [0.25, 0.3) is 5.91 Å². The number of rotatable bonds is 2. The number of carbonyl (C=O) groups excluding carboxylic acids is 1. The van der Waals surface area contributed by atoms with Crippen molar-refractivity contribution >= 4 is 12.0 Å². The summed E-state index contributed by atoms with van der Waals surface area (Å²) in [7, 11) is 0. The van der Waals surface area contributed by atoms with E-state index in [-0.39, 0.29) is 6.67 Å².